The van der Waals surface area contributed by atoms with E-state index in [1.165, 1.54) is 10.5 Å². The summed E-state index contributed by atoms with van der Waals surface area (Å²) in [7, 11) is 0. The van der Waals surface area contributed by atoms with E-state index in [1.54, 1.807) is 11.8 Å². The highest BCUT2D eigenvalue weighted by Gasteiger charge is 2.37. The fraction of sp³-hybridized carbons (Fsp3) is 0.611. The van der Waals surface area contributed by atoms with Gasteiger partial charge in [-0.15, -0.1) is 24.2 Å². The second kappa shape index (κ2) is 7.45. The van der Waals surface area contributed by atoms with E-state index in [2.05, 4.69) is 55.3 Å². The lowest BCUT2D eigenvalue weighted by molar-refractivity contribution is -0.127. The van der Waals surface area contributed by atoms with Crippen molar-refractivity contribution in [3.8, 4) is 0 Å². The molecule has 0 aliphatic carbocycles. The maximum absolute atomic E-state index is 12.4. The Labute approximate surface area is 150 Å². The van der Waals surface area contributed by atoms with Gasteiger partial charge in [0.05, 0.1) is 5.75 Å². The molecule has 0 radical (unpaired) electrons. The van der Waals surface area contributed by atoms with Gasteiger partial charge in [0, 0.05) is 31.1 Å². The highest BCUT2D eigenvalue weighted by molar-refractivity contribution is 8.00. The smallest absolute Gasteiger partial charge is 0.232 e. The summed E-state index contributed by atoms with van der Waals surface area (Å²) in [5, 5.41) is 3.42. The second-order valence-corrected chi connectivity index (χ2v) is 8.59. The summed E-state index contributed by atoms with van der Waals surface area (Å²) in [6.45, 7) is 10.7. The van der Waals surface area contributed by atoms with Crippen LogP contribution in [0.2, 0.25) is 0 Å². The molecule has 0 spiro atoms. The Hall–Kier alpha value is -0.710. The third-order valence-electron chi connectivity index (χ3n) is 4.82. The normalized spacial score (nSPS) is 23.5. The van der Waals surface area contributed by atoms with Crippen molar-refractivity contribution in [2.24, 2.45) is 11.8 Å². The first kappa shape index (κ1) is 18.6. The number of carbonyl (C=O) groups excluding carboxylic acids is 1. The van der Waals surface area contributed by atoms with Gasteiger partial charge in [-0.3, -0.25) is 4.79 Å². The third kappa shape index (κ3) is 4.43. The van der Waals surface area contributed by atoms with Crippen LogP contribution in [0.1, 0.15) is 26.3 Å². The van der Waals surface area contributed by atoms with Crippen molar-refractivity contribution in [1.29, 1.82) is 0 Å². The monoisotopic (exact) mass is 354 g/mol. The third-order valence-corrected chi connectivity index (χ3v) is 5.82. The predicted octanol–water partition coefficient (Wildman–Crippen LogP) is 3.18. The Bertz CT molecular complexity index is 529. The van der Waals surface area contributed by atoms with Gasteiger partial charge in [-0.05, 0) is 34.9 Å². The van der Waals surface area contributed by atoms with Gasteiger partial charge in [-0.1, -0.05) is 32.9 Å². The topological polar surface area (TPSA) is 32.3 Å². The molecule has 2 atom stereocenters. The van der Waals surface area contributed by atoms with E-state index < -0.39 is 0 Å². The molecule has 128 valence electrons. The van der Waals surface area contributed by atoms with E-state index in [-0.39, 0.29) is 17.8 Å². The van der Waals surface area contributed by atoms with Crippen LogP contribution in [0.4, 0.5) is 0 Å². The maximum Gasteiger partial charge on any atom is 0.232 e. The molecule has 2 fully saturated rings. The van der Waals surface area contributed by atoms with Gasteiger partial charge in [0.25, 0.3) is 0 Å². The number of carbonyl (C=O) groups is 1. The van der Waals surface area contributed by atoms with Crippen LogP contribution in [-0.4, -0.2) is 42.7 Å². The highest BCUT2D eigenvalue weighted by Crippen LogP contribution is 2.28. The number of nitrogens with zero attached hydrogens (tertiary/aromatic N) is 1. The molecule has 2 heterocycles. The lowest BCUT2D eigenvalue weighted by atomic mass is 9.87. The number of benzene rings is 1. The van der Waals surface area contributed by atoms with Gasteiger partial charge in [-0.25, -0.2) is 0 Å². The number of amides is 1. The standard InChI is InChI=1S/C18H26N2OS.ClH/c1-18(2,3)15-4-6-16(7-5-15)22-12-17(21)20-10-13-8-19-9-14(13)11-20;/h4-7,13-14,19H,8-12H2,1-3H3;1H/t13-,14+;. The molecule has 0 bridgehead atoms. The summed E-state index contributed by atoms with van der Waals surface area (Å²) >= 11 is 1.66. The summed E-state index contributed by atoms with van der Waals surface area (Å²) < 4.78 is 0. The zero-order chi connectivity index (χ0) is 15.7. The summed E-state index contributed by atoms with van der Waals surface area (Å²) in [5.41, 5.74) is 1.52. The minimum Gasteiger partial charge on any atom is -0.341 e. The van der Waals surface area contributed by atoms with Crippen molar-refractivity contribution in [3.63, 3.8) is 0 Å². The molecular weight excluding hydrogens is 328 g/mol. The molecule has 2 saturated heterocycles. The van der Waals surface area contributed by atoms with E-state index in [9.17, 15) is 4.79 Å². The zero-order valence-corrected chi connectivity index (χ0v) is 15.8. The van der Waals surface area contributed by atoms with Crippen LogP contribution in [0.15, 0.2) is 29.2 Å². The second-order valence-electron chi connectivity index (χ2n) is 7.54. The van der Waals surface area contributed by atoms with Gasteiger partial charge in [-0.2, -0.15) is 0 Å². The summed E-state index contributed by atoms with van der Waals surface area (Å²) in [5.74, 6) is 2.21. The van der Waals surface area contributed by atoms with E-state index in [0.717, 1.165) is 26.2 Å². The fourth-order valence-electron chi connectivity index (χ4n) is 3.35. The molecule has 1 N–H and O–H groups in total. The highest BCUT2D eigenvalue weighted by atomic mass is 35.5. The van der Waals surface area contributed by atoms with Crippen LogP contribution < -0.4 is 5.32 Å². The van der Waals surface area contributed by atoms with Crippen LogP contribution in [0, 0.1) is 11.8 Å². The number of likely N-dealkylation sites (tertiary alicyclic amines) is 1. The van der Waals surface area contributed by atoms with E-state index >= 15 is 0 Å². The average molecular weight is 355 g/mol. The quantitative estimate of drug-likeness (QED) is 0.846. The molecule has 0 saturated carbocycles. The van der Waals surface area contributed by atoms with Crippen molar-refractivity contribution in [2.75, 3.05) is 31.9 Å². The molecule has 2 aliphatic heterocycles. The van der Waals surface area contributed by atoms with E-state index in [0.29, 0.717) is 23.5 Å². The van der Waals surface area contributed by atoms with Crippen molar-refractivity contribution in [1.82, 2.24) is 10.2 Å². The van der Waals surface area contributed by atoms with Crippen LogP contribution in [0.25, 0.3) is 0 Å². The molecule has 0 aromatic heterocycles. The molecule has 5 heteroatoms. The number of fused-ring (bicyclic) bond motifs is 1. The number of halogens is 1. The number of nitrogens with one attached hydrogen (secondary N) is 1. The Balaban J connectivity index is 0.00000192. The first-order valence-corrected chi connectivity index (χ1v) is 9.14. The van der Waals surface area contributed by atoms with Crippen LogP contribution in [0.5, 0.6) is 0 Å². The minimum atomic E-state index is 0. The molecule has 3 rings (SSSR count). The predicted molar refractivity (Wildman–Crippen MR) is 99.5 cm³/mol. The number of thioether (sulfide) groups is 1. The largest absolute Gasteiger partial charge is 0.341 e. The number of hydrogen-bond acceptors (Lipinski definition) is 3. The van der Waals surface area contributed by atoms with Crippen LogP contribution in [-0.2, 0) is 10.2 Å². The molecule has 1 aromatic carbocycles. The molecule has 1 amide bonds. The van der Waals surface area contributed by atoms with Gasteiger partial charge in [0.2, 0.25) is 5.91 Å². The number of hydrogen-bond donors (Lipinski definition) is 1. The molecule has 23 heavy (non-hydrogen) atoms. The van der Waals surface area contributed by atoms with Gasteiger partial charge in [0.15, 0.2) is 0 Å². The fourth-order valence-corrected chi connectivity index (χ4v) is 4.15. The Kier molecular flexibility index (Phi) is 6.04. The van der Waals surface area contributed by atoms with Crippen molar-refractivity contribution < 1.29 is 4.79 Å². The average Bonchev–Trinajstić information content (AvgIpc) is 3.05. The van der Waals surface area contributed by atoms with Gasteiger partial charge in [0.1, 0.15) is 0 Å². The van der Waals surface area contributed by atoms with E-state index in [1.807, 2.05) is 0 Å². The molecule has 0 unspecified atom stereocenters. The minimum absolute atomic E-state index is 0. The first-order valence-electron chi connectivity index (χ1n) is 8.15. The zero-order valence-electron chi connectivity index (χ0n) is 14.2. The maximum atomic E-state index is 12.4. The summed E-state index contributed by atoms with van der Waals surface area (Å²) in [6, 6.07) is 8.64. The van der Waals surface area contributed by atoms with Crippen LogP contribution >= 0.6 is 24.2 Å². The van der Waals surface area contributed by atoms with Crippen LogP contribution in [0.3, 0.4) is 0 Å². The molecule has 2 aliphatic rings. The van der Waals surface area contributed by atoms with Crippen molar-refractivity contribution in [2.45, 2.75) is 31.1 Å². The molecule has 3 nitrogen and oxygen atoms in total. The lowest BCUT2D eigenvalue weighted by Crippen LogP contribution is -2.33. The summed E-state index contributed by atoms with van der Waals surface area (Å²) in [6.07, 6.45) is 0. The van der Waals surface area contributed by atoms with E-state index in [4.69, 9.17) is 0 Å². The Morgan fingerprint density at radius 1 is 1.17 bits per heavy atom. The van der Waals surface area contributed by atoms with Crippen molar-refractivity contribution >= 4 is 30.1 Å². The van der Waals surface area contributed by atoms with Gasteiger partial charge < -0.3 is 10.2 Å². The Morgan fingerprint density at radius 2 is 1.74 bits per heavy atom. The van der Waals surface area contributed by atoms with Gasteiger partial charge >= 0.3 is 0 Å². The van der Waals surface area contributed by atoms with Crippen molar-refractivity contribution in [3.05, 3.63) is 29.8 Å². The SMILES string of the molecule is CC(C)(C)c1ccc(SCC(=O)N2C[C@H]3CNC[C@H]3C2)cc1.Cl. The Morgan fingerprint density at radius 3 is 2.26 bits per heavy atom. The molecular formula is C18H27ClN2OS. The lowest BCUT2D eigenvalue weighted by Gasteiger charge is -2.19. The first-order chi connectivity index (χ1) is 10.4. The molecule has 1 aromatic rings. The summed E-state index contributed by atoms with van der Waals surface area (Å²) in [4.78, 5) is 15.6. The number of rotatable bonds is 3.